The number of pyridine rings is 2. The van der Waals surface area contributed by atoms with E-state index in [0.29, 0.717) is 11.3 Å². The minimum absolute atomic E-state index is 0.199. The first kappa shape index (κ1) is 17.0. The standard InChI is InChI=1S/C18H18N4O2S/c1-3-16-22-15(11-25-16)12(2)21-17(23)14-7-5-9-20-18(14)24-13-6-4-8-19-10-13/h4-12H,3H2,1-2H3,(H,21,23). The van der Waals surface area contributed by atoms with Crippen molar-refractivity contribution in [3.63, 3.8) is 0 Å². The van der Waals surface area contributed by atoms with Crippen LogP contribution in [0.15, 0.2) is 48.2 Å². The van der Waals surface area contributed by atoms with E-state index in [1.165, 1.54) is 0 Å². The molecule has 1 unspecified atom stereocenters. The highest BCUT2D eigenvalue weighted by Gasteiger charge is 2.18. The lowest BCUT2D eigenvalue weighted by Crippen LogP contribution is -2.27. The Labute approximate surface area is 149 Å². The van der Waals surface area contributed by atoms with Gasteiger partial charge in [0, 0.05) is 17.8 Å². The van der Waals surface area contributed by atoms with E-state index in [2.05, 4.69) is 27.2 Å². The summed E-state index contributed by atoms with van der Waals surface area (Å²) < 4.78 is 5.69. The third-order valence-electron chi connectivity index (χ3n) is 3.53. The number of aromatic nitrogens is 3. The molecule has 0 bridgehead atoms. The van der Waals surface area contributed by atoms with Crippen LogP contribution in [0.3, 0.4) is 0 Å². The molecule has 0 aromatic carbocycles. The molecule has 3 aromatic rings. The van der Waals surface area contributed by atoms with Gasteiger partial charge in [0.15, 0.2) is 0 Å². The van der Waals surface area contributed by atoms with Crippen LogP contribution in [0.5, 0.6) is 11.6 Å². The van der Waals surface area contributed by atoms with Crippen LogP contribution in [0, 0.1) is 0 Å². The smallest absolute Gasteiger partial charge is 0.257 e. The number of thiazole rings is 1. The van der Waals surface area contributed by atoms with Crippen molar-refractivity contribution < 1.29 is 9.53 Å². The molecule has 1 N–H and O–H groups in total. The van der Waals surface area contributed by atoms with E-state index >= 15 is 0 Å². The Bertz CT molecular complexity index is 851. The zero-order chi connectivity index (χ0) is 17.6. The number of amides is 1. The molecule has 0 fully saturated rings. The molecule has 3 heterocycles. The summed E-state index contributed by atoms with van der Waals surface area (Å²) in [5.41, 5.74) is 1.22. The van der Waals surface area contributed by atoms with Crippen LogP contribution in [0.25, 0.3) is 0 Å². The van der Waals surface area contributed by atoms with Gasteiger partial charge in [0.25, 0.3) is 5.91 Å². The molecule has 3 rings (SSSR count). The van der Waals surface area contributed by atoms with Gasteiger partial charge in [0.2, 0.25) is 5.88 Å². The van der Waals surface area contributed by atoms with Crippen molar-refractivity contribution in [2.75, 3.05) is 0 Å². The number of carbonyl (C=O) groups is 1. The Kier molecular flexibility index (Phi) is 5.35. The van der Waals surface area contributed by atoms with Crippen molar-refractivity contribution in [1.82, 2.24) is 20.3 Å². The van der Waals surface area contributed by atoms with E-state index in [1.807, 2.05) is 12.3 Å². The highest BCUT2D eigenvalue weighted by molar-refractivity contribution is 7.09. The first-order valence-corrected chi connectivity index (χ1v) is 8.83. The van der Waals surface area contributed by atoms with Gasteiger partial charge in [-0.3, -0.25) is 9.78 Å². The summed E-state index contributed by atoms with van der Waals surface area (Å²) in [6, 6.07) is 6.70. The normalized spacial score (nSPS) is 11.8. The molecule has 6 nitrogen and oxygen atoms in total. The highest BCUT2D eigenvalue weighted by atomic mass is 32.1. The van der Waals surface area contributed by atoms with E-state index in [4.69, 9.17) is 4.74 Å². The van der Waals surface area contributed by atoms with Crippen molar-refractivity contribution in [2.45, 2.75) is 26.3 Å². The second kappa shape index (κ2) is 7.85. The maximum atomic E-state index is 12.6. The van der Waals surface area contributed by atoms with Gasteiger partial charge in [-0.2, -0.15) is 0 Å². The van der Waals surface area contributed by atoms with Crippen LogP contribution in [-0.2, 0) is 6.42 Å². The van der Waals surface area contributed by atoms with Crippen molar-refractivity contribution in [2.24, 2.45) is 0 Å². The van der Waals surface area contributed by atoms with Gasteiger partial charge in [0.1, 0.15) is 11.3 Å². The molecular weight excluding hydrogens is 336 g/mol. The molecule has 1 atom stereocenters. The van der Waals surface area contributed by atoms with Crippen LogP contribution >= 0.6 is 11.3 Å². The maximum Gasteiger partial charge on any atom is 0.257 e. The number of nitrogens with one attached hydrogen (secondary N) is 1. The third kappa shape index (κ3) is 4.19. The number of aryl methyl sites for hydroxylation is 1. The SMILES string of the molecule is CCc1nc(C(C)NC(=O)c2cccnc2Oc2cccnc2)cs1. The van der Waals surface area contributed by atoms with Crippen molar-refractivity contribution in [3.8, 4) is 11.6 Å². The first-order valence-electron chi connectivity index (χ1n) is 7.95. The predicted molar refractivity (Wildman–Crippen MR) is 95.9 cm³/mol. The van der Waals surface area contributed by atoms with Gasteiger partial charge in [-0.15, -0.1) is 11.3 Å². The largest absolute Gasteiger partial charge is 0.437 e. The average Bonchev–Trinajstić information content (AvgIpc) is 3.12. The van der Waals surface area contributed by atoms with Crippen LogP contribution in [0.4, 0.5) is 0 Å². The summed E-state index contributed by atoms with van der Waals surface area (Å²) in [4.78, 5) is 25.3. The molecule has 25 heavy (non-hydrogen) atoms. The zero-order valence-electron chi connectivity index (χ0n) is 14.0. The van der Waals surface area contributed by atoms with Gasteiger partial charge >= 0.3 is 0 Å². The molecule has 0 aliphatic carbocycles. The number of ether oxygens (including phenoxy) is 1. The zero-order valence-corrected chi connectivity index (χ0v) is 14.8. The Morgan fingerprint density at radius 2 is 2.16 bits per heavy atom. The minimum Gasteiger partial charge on any atom is -0.437 e. The fourth-order valence-electron chi connectivity index (χ4n) is 2.20. The molecule has 1 amide bonds. The Balaban J connectivity index is 1.75. The lowest BCUT2D eigenvalue weighted by atomic mass is 10.2. The topological polar surface area (TPSA) is 77.0 Å². The van der Waals surface area contributed by atoms with E-state index in [1.54, 1.807) is 54.2 Å². The van der Waals surface area contributed by atoms with Crippen molar-refractivity contribution in [3.05, 3.63) is 64.5 Å². The van der Waals surface area contributed by atoms with E-state index < -0.39 is 0 Å². The van der Waals surface area contributed by atoms with E-state index in [0.717, 1.165) is 17.1 Å². The quantitative estimate of drug-likeness (QED) is 0.729. The number of hydrogen-bond acceptors (Lipinski definition) is 6. The van der Waals surface area contributed by atoms with Gasteiger partial charge in [-0.25, -0.2) is 9.97 Å². The van der Waals surface area contributed by atoms with Crippen LogP contribution in [0.1, 0.15) is 40.9 Å². The Hall–Kier alpha value is -2.80. The molecule has 0 radical (unpaired) electrons. The Morgan fingerprint density at radius 3 is 2.88 bits per heavy atom. The molecule has 0 aliphatic rings. The summed E-state index contributed by atoms with van der Waals surface area (Å²) >= 11 is 1.60. The fraction of sp³-hybridized carbons (Fsp3) is 0.222. The molecule has 128 valence electrons. The monoisotopic (exact) mass is 354 g/mol. The number of nitrogens with zero attached hydrogens (tertiary/aromatic N) is 3. The fourth-order valence-corrected chi connectivity index (χ4v) is 3.04. The number of hydrogen-bond donors (Lipinski definition) is 1. The highest BCUT2D eigenvalue weighted by Crippen LogP contribution is 2.23. The lowest BCUT2D eigenvalue weighted by molar-refractivity contribution is 0.0936. The molecule has 0 spiro atoms. The van der Waals surface area contributed by atoms with Gasteiger partial charge < -0.3 is 10.1 Å². The van der Waals surface area contributed by atoms with Gasteiger partial charge in [-0.05, 0) is 37.6 Å². The summed E-state index contributed by atoms with van der Waals surface area (Å²) in [6.45, 7) is 3.97. The number of rotatable bonds is 6. The summed E-state index contributed by atoms with van der Waals surface area (Å²) in [6.07, 6.45) is 5.69. The summed E-state index contributed by atoms with van der Waals surface area (Å²) in [7, 11) is 0. The maximum absolute atomic E-state index is 12.6. The van der Waals surface area contributed by atoms with Crippen molar-refractivity contribution in [1.29, 1.82) is 0 Å². The molecule has 0 saturated heterocycles. The van der Waals surface area contributed by atoms with E-state index in [9.17, 15) is 4.79 Å². The number of carbonyl (C=O) groups excluding carboxylic acids is 1. The lowest BCUT2D eigenvalue weighted by Gasteiger charge is -2.13. The summed E-state index contributed by atoms with van der Waals surface area (Å²) in [5.74, 6) is 0.508. The molecule has 7 heteroatoms. The van der Waals surface area contributed by atoms with E-state index in [-0.39, 0.29) is 17.8 Å². The Morgan fingerprint density at radius 1 is 1.32 bits per heavy atom. The minimum atomic E-state index is -0.259. The van der Waals surface area contributed by atoms with Crippen LogP contribution < -0.4 is 10.1 Å². The van der Waals surface area contributed by atoms with Crippen molar-refractivity contribution >= 4 is 17.2 Å². The summed E-state index contributed by atoms with van der Waals surface area (Å²) in [5, 5.41) is 5.97. The molecular formula is C18H18N4O2S. The molecule has 3 aromatic heterocycles. The third-order valence-corrected chi connectivity index (χ3v) is 4.54. The molecule has 0 aliphatic heterocycles. The molecule has 0 saturated carbocycles. The average molecular weight is 354 g/mol. The second-order valence-electron chi connectivity index (χ2n) is 5.36. The van der Waals surface area contributed by atoms with Crippen LogP contribution in [0.2, 0.25) is 0 Å². The predicted octanol–water partition coefficient (Wildman–Crippen LogP) is 3.78. The van der Waals surface area contributed by atoms with Crippen LogP contribution in [-0.4, -0.2) is 20.9 Å². The van der Waals surface area contributed by atoms with Gasteiger partial charge in [0.05, 0.1) is 22.9 Å². The first-order chi connectivity index (χ1) is 12.2. The second-order valence-corrected chi connectivity index (χ2v) is 6.30. The van der Waals surface area contributed by atoms with Gasteiger partial charge in [-0.1, -0.05) is 6.92 Å².